The van der Waals surface area contributed by atoms with Gasteiger partial charge in [0, 0.05) is 30.9 Å². The maximum Gasteiger partial charge on any atom is 0.0462 e. The van der Waals surface area contributed by atoms with Gasteiger partial charge < -0.3 is 5.32 Å². The average molecular weight is 206 g/mol. The van der Waals surface area contributed by atoms with Gasteiger partial charge in [0.1, 0.15) is 0 Å². The Morgan fingerprint density at radius 1 is 1.33 bits per heavy atom. The van der Waals surface area contributed by atoms with Gasteiger partial charge in [0.25, 0.3) is 0 Å². The van der Waals surface area contributed by atoms with Crippen LogP contribution in [-0.4, -0.2) is 18.1 Å². The topological polar surface area (TPSA) is 24.9 Å². The van der Waals surface area contributed by atoms with E-state index < -0.39 is 0 Å². The molecule has 2 rings (SSSR count). The minimum Gasteiger partial charge on any atom is -0.315 e. The molecule has 0 saturated carbocycles. The van der Waals surface area contributed by atoms with Gasteiger partial charge in [0.05, 0.1) is 0 Å². The standard InChI is InChI=1S/C11H16N2.C2H6/c1-8(2)9-3-4-13-11(5-9)10-6-12-7-10;1-2/h3-5,8,10,12H,6-7H2,1-2H3;1-2H3. The zero-order valence-electron chi connectivity index (χ0n) is 10.2. The van der Waals surface area contributed by atoms with E-state index in [2.05, 4.69) is 36.3 Å². The molecule has 84 valence electrons. The van der Waals surface area contributed by atoms with Gasteiger partial charge in [-0.3, -0.25) is 4.98 Å². The van der Waals surface area contributed by atoms with Crippen molar-refractivity contribution in [3.05, 3.63) is 29.6 Å². The quantitative estimate of drug-likeness (QED) is 0.804. The lowest BCUT2D eigenvalue weighted by atomic mass is 9.95. The van der Waals surface area contributed by atoms with Crippen molar-refractivity contribution in [3.63, 3.8) is 0 Å². The molecule has 2 heteroatoms. The highest BCUT2D eigenvalue weighted by Gasteiger charge is 2.20. The summed E-state index contributed by atoms with van der Waals surface area (Å²) >= 11 is 0. The van der Waals surface area contributed by atoms with E-state index in [4.69, 9.17) is 0 Å². The number of rotatable bonds is 2. The van der Waals surface area contributed by atoms with Crippen LogP contribution in [0.1, 0.15) is 50.8 Å². The van der Waals surface area contributed by atoms with Crippen LogP contribution in [0.5, 0.6) is 0 Å². The highest BCUT2D eigenvalue weighted by Crippen LogP contribution is 2.21. The summed E-state index contributed by atoms with van der Waals surface area (Å²) < 4.78 is 0. The summed E-state index contributed by atoms with van der Waals surface area (Å²) in [6, 6.07) is 4.36. The van der Waals surface area contributed by atoms with Gasteiger partial charge in [0.2, 0.25) is 0 Å². The largest absolute Gasteiger partial charge is 0.315 e. The zero-order valence-corrected chi connectivity index (χ0v) is 10.2. The van der Waals surface area contributed by atoms with Crippen molar-refractivity contribution >= 4 is 0 Å². The predicted octanol–water partition coefficient (Wildman–Crippen LogP) is 2.92. The number of hydrogen-bond donors (Lipinski definition) is 1. The summed E-state index contributed by atoms with van der Waals surface area (Å²) in [4.78, 5) is 4.40. The molecule has 1 aromatic heterocycles. The first-order valence-electron chi connectivity index (χ1n) is 5.94. The molecule has 1 aromatic rings. The molecule has 1 aliphatic heterocycles. The molecule has 2 nitrogen and oxygen atoms in total. The molecule has 0 spiro atoms. The van der Waals surface area contributed by atoms with E-state index in [1.807, 2.05) is 20.0 Å². The molecule has 0 radical (unpaired) electrons. The molecule has 2 heterocycles. The number of pyridine rings is 1. The predicted molar refractivity (Wildman–Crippen MR) is 65.3 cm³/mol. The van der Waals surface area contributed by atoms with Gasteiger partial charge >= 0.3 is 0 Å². The maximum atomic E-state index is 4.40. The molecule has 1 aliphatic rings. The molecular weight excluding hydrogens is 184 g/mol. The molecular formula is C13H22N2. The van der Waals surface area contributed by atoms with E-state index in [1.165, 1.54) is 11.3 Å². The molecule has 0 aromatic carbocycles. The van der Waals surface area contributed by atoms with Gasteiger partial charge in [0.15, 0.2) is 0 Å². The van der Waals surface area contributed by atoms with Crippen molar-refractivity contribution in [3.8, 4) is 0 Å². The summed E-state index contributed by atoms with van der Waals surface area (Å²) in [6.07, 6.45) is 1.93. The number of nitrogens with one attached hydrogen (secondary N) is 1. The van der Waals surface area contributed by atoms with E-state index in [0.717, 1.165) is 13.1 Å². The summed E-state index contributed by atoms with van der Waals surface area (Å²) in [5.41, 5.74) is 2.65. The monoisotopic (exact) mass is 206 g/mol. The van der Waals surface area contributed by atoms with Crippen LogP contribution in [-0.2, 0) is 0 Å². The van der Waals surface area contributed by atoms with E-state index >= 15 is 0 Å². The molecule has 1 N–H and O–H groups in total. The smallest absolute Gasteiger partial charge is 0.0462 e. The Morgan fingerprint density at radius 3 is 2.47 bits per heavy atom. The Balaban J connectivity index is 0.000000531. The van der Waals surface area contributed by atoms with Crippen LogP contribution in [0.15, 0.2) is 18.3 Å². The zero-order chi connectivity index (χ0) is 11.3. The fourth-order valence-corrected chi connectivity index (χ4v) is 1.55. The first-order valence-corrected chi connectivity index (χ1v) is 5.94. The minimum absolute atomic E-state index is 0.606. The highest BCUT2D eigenvalue weighted by atomic mass is 15.0. The lowest BCUT2D eigenvalue weighted by Gasteiger charge is -2.26. The third-order valence-electron chi connectivity index (χ3n) is 2.67. The normalized spacial score (nSPS) is 15.5. The van der Waals surface area contributed by atoms with Crippen molar-refractivity contribution in [2.24, 2.45) is 0 Å². The Bertz CT molecular complexity index is 290. The van der Waals surface area contributed by atoms with Crippen LogP contribution >= 0.6 is 0 Å². The minimum atomic E-state index is 0.606. The van der Waals surface area contributed by atoms with Gasteiger partial charge in [-0.15, -0.1) is 0 Å². The fraction of sp³-hybridized carbons (Fsp3) is 0.615. The van der Waals surface area contributed by atoms with Crippen LogP contribution in [0.3, 0.4) is 0 Å². The second kappa shape index (κ2) is 5.86. The highest BCUT2D eigenvalue weighted by molar-refractivity contribution is 5.23. The van der Waals surface area contributed by atoms with E-state index in [9.17, 15) is 0 Å². The third-order valence-corrected chi connectivity index (χ3v) is 2.67. The SMILES string of the molecule is CC.CC(C)c1ccnc(C2CNC2)c1. The van der Waals surface area contributed by atoms with Crippen molar-refractivity contribution in [1.82, 2.24) is 10.3 Å². The summed E-state index contributed by atoms with van der Waals surface area (Å²) in [7, 11) is 0. The lowest BCUT2D eigenvalue weighted by Crippen LogP contribution is -2.40. The van der Waals surface area contributed by atoms with Crippen molar-refractivity contribution < 1.29 is 0 Å². The van der Waals surface area contributed by atoms with Gasteiger partial charge in [-0.25, -0.2) is 0 Å². The molecule has 0 bridgehead atoms. The Hall–Kier alpha value is -0.890. The van der Waals surface area contributed by atoms with Crippen LogP contribution in [0, 0.1) is 0 Å². The molecule has 1 saturated heterocycles. The lowest BCUT2D eigenvalue weighted by molar-refractivity contribution is 0.439. The number of hydrogen-bond acceptors (Lipinski definition) is 2. The van der Waals surface area contributed by atoms with Crippen LogP contribution in [0.2, 0.25) is 0 Å². The summed E-state index contributed by atoms with van der Waals surface area (Å²) in [6.45, 7) is 10.6. The number of aromatic nitrogens is 1. The Morgan fingerprint density at radius 2 is 2.00 bits per heavy atom. The van der Waals surface area contributed by atoms with E-state index in [-0.39, 0.29) is 0 Å². The molecule has 0 unspecified atom stereocenters. The second-order valence-corrected chi connectivity index (χ2v) is 4.02. The molecule has 0 amide bonds. The average Bonchev–Trinajstić information content (AvgIpc) is 2.19. The Kier molecular flexibility index (Phi) is 4.76. The third kappa shape index (κ3) is 3.03. The summed E-state index contributed by atoms with van der Waals surface area (Å²) in [5, 5.41) is 3.27. The van der Waals surface area contributed by atoms with Crippen molar-refractivity contribution in [1.29, 1.82) is 0 Å². The molecule has 0 aliphatic carbocycles. The fourth-order valence-electron chi connectivity index (χ4n) is 1.55. The Labute approximate surface area is 93.1 Å². The van der Waals surface area contributed by atoms with Crippen molar-refractivity contribution in [2.75, 3.05) is 13.1 Å². The van der Waals surface area contributed by atoms with Gasteiger partial charge in [-0.1, -0.05) is 27.7 Å². The van der Waals surface area contributed by atoms with Gasteiger partial charge in [-0.05, 0) is 23.6 Å². The molecule has 1 fully saturated rings. The van der Waals surface area contributed by atoms with E-state index in [1.54, 1.807) is 0 Å². The first-order chi connectivity index (χ1) is 7.27. The van der Waals surface area contributed by atoms with E-state index in [0.29, 0.717) is 11.8 Å². The molecule has 15 heavy (non-hydrogen) atoms. The maximum absolute atomic E-state index is 4.40. The number of nitrogens with zero attached hydrogens (tertiary/aromatic N) is 1. The van der Waals surface area contributed by atoms with Crippen molar-refractivity contribution in [2.45, 2.75) is 39.5 Å². The summed E-state index contributed by atoms with van der Waals surface area (Å²) in [5.74, 6) is 1.26. The second-order valence-electron chi connectivity index (χ2n) is 4.02. The van der Waals surface area contributed by atoms with Gasteiger partial charge in [-0.2, -0.15) is 0 Å². The first kappa shape index (κ1) is 12.2. The van der Waals surface area contributed by atoms with Crippen LogP contribution in [0.4, 0.5) is 0 Å². The molecule has 0 atom stereocenters. The van der Waals surface area contributed by atoms with Crippen LogP contribution < -0.4 is 5.32 Å². The van der Waals surface area contributed by atoms with Crippen LogP contribution in [0.25, 0.3) is 0 Å².